The maximum atomic E-state index is 12.0. The summed E-state index contributed by atoms with van der Waals surface area (Å²) in [6.07, 6.45) is 0.311. The van der Waals surface area contributed by atoms with Crippen molar-refractivity contribution < 1.29 is 43.0 Å². The van der Waals surface area contributed by atoms with E-state index in [2.05, 4.69) is 19.7 Å². The van der Waals surface area contributed by atoms with Crippen molar-refractivity contribution >= 4 is 36.8 Å². The Morgan fingerprint density at radius 3 is 0.900 bits per heavy atom. The summed E-state index contributed by atoms with van der Waals surface area (Å²) in [7, 11) is 0. The van der Waals surface area contributed by atoms with E-state index in [4.69, 9.17) is 14.2 Å². The van der Waals surface area contributed by atoms with Crippen LogP contribution in [0.5, 0.6) is 17.2 Å². The highest BCUT2D eigenvalue weighted by atomic mass is 16.6. The second-order valence-corrected chi connectivity index (χ2v) is 6.09. The number of hydrogen-bond acceptors (Lipinski definition) is 9. The van der Waals surface area contributed by atoms with Gasteiger partial charge in [-0.1, -0.05) is 19.7 Å². The number of esters is 3. The molecular formula is C21H18O9. The number of carbonyl (C=O) groups excluding carboxylic acids is 6. The number of hydrogen-bond donors (Lipinski definition) is 0. The molecule has 1 rings (SSSR count). The van der Waals surface area contributed by atoms with E-state index in [0.29, 0.717) is 0 Å². The number of carbonyl (C=O) groups is 6. The summed E-state index contributed by atoms with van der Waals surface area (Å²) < 4.78 is 15.1. The topological polar surface area (TPSA) is 130 Å². The molecule has 0 aliphatic heterocycles. The van der Waals surface area contributed by atoms with Crippen molar-refractivity contribution in [1.29, 1.82) is 0 Å². The van der Waals surface area contributed by atoms with Crippen LogP contribution >= 0.6 is 0 Å². The quantitative estimate of drug-likeness (QED) is 0.259. The van der Waals surface area contributed by atoms with Crippen LogP contribution in [0.1, 0.15) is 51.8 Å². The first-order chi connectivity index (χ1) is 14.0. The normalized spacial score (nSPS) is 9.70. The van der Waals surface area contributed by atoms with Crippen LogP contribution in [0.25, 0.3) is 0 Å². The maximum absolute atomic E-state index is 12.0. The molecule has 0 radical (unpaired) electrons. The summed E-state index contributed by atoms with van der Waals surface area (Å²) in [5.41, 5.74) is -2.12. The molecule has 0 atom stereocenters. The van der Waals surface area contributed by atoms with E-state index in [1.54, 1.807) is 0 Å². The van der Waals surface area contributed by atoms with Crippen LogP contribution in [0.4, 0.5) is 0 Å². The van der Waals surface area contributed by atoms with Gasteiger partial charge in [0.25, 0.3) is 0 Å². The minimum absolute atomic E-state index is 0.0934. The lowest BCUT2D eigenvalue weighted by molar-refractivity contribution is -0.130. The molecule has 0 saturated carbocycles. The molecule has 0 spiro atoms. The third kappa shape index (κ3) is 5.02. The minimum atomic E-state index is -1.03. The Morgan fingerprint density at radius 1 is 0.567 bits per heavy atom. The third-order valence-corrected chi connectivity index (χ3v) is 3.45. The van der Waals surface area contributed by atoms with Crippen LogP contribution in [-0.4, -0.2) is 36.8 Å². The lowest BCUT2D eigenvalue weighted by atomic mass is 10.0. The average Bonchev–Trinajstić information content (AvgIpc) is 2.67. The molecule has 0 unspecified atom stereocenters. The van der Waals surface area contributed by atoms with Crippen molar-refractivity contribution in [2.24, 2.45) is 0 Å². The van der Waals surface area contributed by atoms with Gasteiger partial charge in [0.15, 0.2) is 36.1 Å². The van der Waals surface area contributed by atoms with Gasteiger partial charge in [-0.05, 0) is 20.8 Å². The van der Waals surface area contributed by atoms with E-state index in [1.807, 2.05) is 0 Å². The standard InChI is InChI=1S/C21H18O9/c1-10(2)19(25)28-16-13(7-22)17(29-20(26)11(3)4)15(9-24)18(14(16)8-23)30-21(27)12(5)6/h7-9H,1,3,5H2,2,4,6H3. The smallest absolute Gasteiger partial charge is 0.338 e. The molecule has 9 nitrogen and oxygen atoms in total. The molecule has 0 saturated heterocycles. The molecule has 0 fully saturated rings. The third-order valence-electron chi connectivity index (χ3n) is 3.45. The second kappa shape index (κ2) is 9.87. The Kier molecular flexibility index (Phi) is 7.87. The van der Waals surface area contributed by atoms with Crippen LogP contribution in [0.15, 0.2) is 36.5 Å². The van der Waals surface area contributed by atoms with Gasteiger partial charge in [0, 0.05) is 16.7 Å². The summed E-state index contributed by atoms with van der Waals surface area (Å²) >= 11 is 0. The highest BCUT2D eigenvalue weighted by Gasteiger charge is 2.31. The Balaban J connectivity index is 4.03. The number of benzene rings is 1. The van der Waals surface area contributed by atoms with Gasteiger partial charge in [-0.25, -0.2) is 14.4 Å². The lowest BCUT2D eigenvalue weighted by Gasteiger charge is -2.19. The van der Waals surface area contributed by atoms with E-state index in [9.17, 15) is 28.8 Å². The van der Waals surface area contributed by atoms with E-state index in [-0.39, 0.29) is 35.6 Å². The van der Waals surface area contributed by atoms with Crippen LogP contribution in [-0.2, 0) is 14.4 Å². The monoisotopic (exact) mass is 414 g/mol. The summed E-state index contributed by atoms with van der Waals surface area (Å²) in [5, 5.41) is 0. The molecule has 0 heterocycles. The first kappa shape index (κ1) is 23.9. The molecule has 0 amide bonds. The Hall–Kier alpha value is -4.14. The van der Waals surface area contributed by atoms with Gasteiger partial charge >= 0.3 is 17.9 Å². The van der Waals surface area contributed by atoms with Gasteiger partial charge in [0.1, 0.15) is 16.7 Å². The molecule has 0 N–H and O–H groups in total. The second-order valence-electron chi connectivity index (χ2n) is 6.09. The predicted octanol–water partition coefficient (Wildman–Crippen LogP) is 2.57. The fourth-order valence-corrected chi connectivity index (χ4v) is 1.94. The van der Waals surface area contributed by atoms with Gasteiger partial charge in [-0.2, -0.15) is 0 Å². The van der Waals surface area contributed by atoms with Gasteiger partial charge in [0.2, 0.25) is 0 Å². The molecule has 0 aliphatic carbocycles. The van der Waals surface area contributed by atoms with Crippen LogP contribution in [0.3, 0.4) is 0 Å². The highest BCUT2D eigenvalue weighted by Crippen LogP contribution is 2.42. The molecule has 1 aromatic carbocycles. The summed E-state index contributed by atoms with van der Waals surface area (Å²) in [4.78, 5) is 71.3. The number of aldehydes is 3. The first-order valence-electron chi connectivity index (χ1n) is 8.22. The molecular weight excluding hydrogens is 396 g/mol. The molecule has 9 heteroatoms. The lowest BCUT2D eigenvalue weighted by Crippen LogP contribution is -2.19. The zero-order valence-corrected chi connectivity index (χ0v) is 16.5. The zero-order valence-electron chi connectivity index (χ0n) is 16.5. The average molecular weight is 414 g/mol. The Bertz CT molecular complexity index is 862. The van der Waals surface area contributed by atoms with Crippen LogP contribution in [0.2, 0.25) is 0 Å². The van der Waals surface area contributed by atoms with Crippen molar-refractivity contribution in [2.75, 3.05) is 0 Å². The van der Waals surface area contributed by atoms with Gasteiger partial charge < -0.3 is 14.2 Å². The summed E-state index contributed by atoms with van der Waals surface area (Å²) in [5.74, 6) is -5.16. The van der Waals surface area contributed by atoms with Crippen molar-refractivity contribution in [3.63, 3.8) is 0 Å². The maximum Gasteiger partial charge on any atom is 0.338 e. The molecule has 0 bridgehead atoms. The highest BCUT2D eigenvalue weighted by molar-refractivity contribution is 6.05. The van der Waals surface area contributed by atoms with Crippen molar-refractivity contribution in [1.82, 2.24) is 0 Å². The van der Waals surface area contributed by atoms with Crippen LogP contribution < -0.4 is 14.2 Å². The Labute approximate surface area is 171 Å². The zero-order chi connectivity index (χ0) is 23.2. The summed E-state index contributed by atoms with van der Waals surface area (Å²) in [6, 6.07) is 0. The fourth-order valence-electron chi connectivity index (χ4n) is 1.94. The molecule has 0 aliphatic rings. The van der Waals surface area contributed by atoms with E-state index < -0.39 is 51.8 Å². The summed E-state index contributed by atoms with van der Waals surface area (Å²) in [6.45, 7) is 14.0. The minimum Gasteiger partial charge on any atom is -0.421 e. The van der Waals surface area contributed by atoms with Gasteiger partial charge in [-0.15, -0.1) is 0 Å². The van der Waals surface area contributed by atoms with Crippen molar-refractivity contribution in [3.05, 3.63) is 53.1 Å². The first-order valence-corrected chi connectivity index (χ1v) is 8.22. The van der Waals surface area contributed by atoms with Gasteiger partial charge in [0.05, 0.1) is 0 Å². The Morgan fingerprint density at radius 2 is 0.767 bits per heavy atom. The largest absolute Gasteiger partial charge is 0.421 e. The van der Waals surface area contributed by atoms with Crippen LogP contribution in [0, 0.1) is 0 Å². The molecule has 30 heavy (non-hydrogen) atoms. The fraction of sp³-hybridized carbons (Fsp3) is 0.143. The van der Waals surface area contributed by atoms with E-state index in [1.165, 1.54) is 20.8 Å². The number of rotatable bonds is 9. The van der Waals surface area contributed by atoms with E-state index in [0.717, 1.165) is 0 Å². The number of ether oxygens (including phenoxy) is 3. The van der Waals surface area contributed by atoms with Crippen molar-refractivity contribution in [2.45, 2.75) is 20.8 Å². The van der Waals surface area contributed by atoms with E-state index >= 15 is 0 Å². The predicted molar refractivity (Wildman–Crippen MR) is 104 cm³/mol. The SMILES string of the molecule is C=C(C)C(=O)Oc1c(C=O)c(OC(=O)C(=C)C)c(C=O)c(OC(=O)C(=C)C)c1C=O. The molecule has 156 valence electrons. The molecule has 0 aromatic heterocycles. The molecule has 1 aromatic rings. The van der Waals surface area contributed by atoms with Crippen molar-refractivity contribution in [3.8, 4) is 17.2 Å². The van der Waals surface area contributed by atoms with Gasteiger partial charge in [-0.3, -0.25) is 14.4 Å².